The second kappa shape index (κ2) is 7.42. The lowest BCUT2D eigenvalue weighted by Gasteiger charge is -2.32. The zero-order valence-corrected chi connectivity index (χ0v) is 13.9. The molecule has 5 nitrogen and oxygen atoms in total. The highest BCUT2D eigenvalue weighted by Crippen LogP contribution is 2.31. The Kier molecular flexibility index (Phi) is 5.74. The summed E-state index contributed by atoms with van der Waals surface area (Å²) in [7, 11) is 0. The molecule has 24 heavy (non-hydrogen) atoms. The zero-order valence-electron chi connectivity index (χ0n) is 13.0. The second-order valence-corrected chi connectivity index (χ2v) is 7.03. The van der Waals surface area contributed by atoms with Crippen LogP contribution in [0.25, 0.3) is 0 Å². The molecule has 0 bridgehead atoms. The van der Waals surface area contributed by atoms with Gasteiger partial charge in [-0.2, -0.15) is 13.2 Å². The number of likely N-dealkylation sites (tertiary alicyclic amines) is 1. The van der Waals surface area contributed by atoms with Crippen molar-refractivity contribution in [1.82, 2.24) is 9.88 Å². The van der Waals surface area contributed by atoms with Crippen molar-refractivity contribution in [3.05, 3.63) is 23.9 Å². The first-order valence-corrected chi connectivity index (χ1v) is 8.34. The number of carbonyl (C=O) groups is 2. The molecule has 132 valence electrons. The van der Waals surface area contributed by atoms with Crippen LogP contribution in [0.4, 0.5) is 13.2 Å². The Bertz CT molecular complexity index is 607. The Hall–Kier alpha value is -1.77. The molecule has 2 heterocycles. The minimum Gasteiger partial charge on any atom is -0.369 e. The Balaban J connectivity index is 1.97. The number of carbonyl (C=O) groups excluding carboxylic acids is 2. The molecule has 2 atom stereocenters. The van der Waals surface area contributed by atoms with Gasteiger partial charge in [0.1, 0.15) is 0 Å². The summed E-state index contributed by atoms with van der Waals surface area (Å²) in [5.41, 5.74) is 4.47. The van der Waals surface area contributed by atoms with Crippen LogP contribution in [0.15, 0.2) is 23.4 Å². The van der Waals surface area contributed by atoms with Crippen LogP contribution in [-0.2, 0) is 15.8 Å². The summed E-state index contributed by atoms with van der Waals surface area (Å²) in [5, 5.41) is -0.173. The maximum atomic E-state index is 12.5. The molecule has 1 aliphatic rings. The molecular weight excluding hydrogens is 343 g/mol. The SMILES string of the molecule is CC(Sc1ccc(C(F)(F)F)cn1)C(=O)N1CCCC(C(N)=O)C1. The van der Waals surface area contributed by atoms with Crippen molar-refractivity contribution < 1.29 is 22.8 Å². The van der Waals surface area contributed by atoms with E-state index in [9.17, 15) is 22.8 Å². The van der Waals surface area contributed by atoms with E-state index in [1.165, 1.54) is 6.07 Å². The van der Waals surface area contributed by atoms with Crippen molar-refractivity contribution in [1.29, 1.82) is 0 Å². The third-order valence-corrected chi connectivity index (χ3v) is 4.88. The van der Waals surface area contributed by atoms with E-state index < -0.39 is 22.9 Å². The highest BCUT2D eigenvalue weighted by molar-refractivity contribution is 8.00. The van der Waals surface area contributed by atoms with Gasteiger partial charge < -0.3 is 10.6 Å². The van der Waals surface area contributed by atoms with Gasteiger partial charge in [0.05, 0.1) is 21.8 Å². The predicted octanol–water partition coefficient (Wildman–Crippen LogP) is 2.30. The highest BCUT2D eigenvalue weighted by Gasteiger charge is 2.32. The van der Waals surface area contributed by atoms with Gasteiger partial charge in [-0.05, 0) is 31.9 Å². The van der Waals surface area contributed by atoms with Gasteiger partial charge in [0.15, 0.2) is 0 Å². The minimum absolute atomic E-state index is 0.173. The van der Waals surface area contributed by atoms with Crippen LogP contribution in [0.5, 0.6) is 0 Å². The van der Waals surface area contributed by atoms with Crippen LogP contribution in [0.1, 0.15) is 25.3 Å². The first kappa shape index (κ1) is 18.6. The molecule has 1 fully saturated rings. The second-order valence-electron chi connectivity index (χ2n) is 5.67. The van der Waals surface area contributed by atoms with Crippen LogP contribution >= 0.6 is 11.8 Å². The summed E-state index contributed by atoms with van der Waals surface area (Å²) in [6, 6.07) is 2.19. The maximum Gasteiger partial charge on any atom is 0.417 e. The van der Waals surface area contributed by atoms with E-state index in [1.54, 1.807) is 11.8 Å². The van der Waals surface area contributed by atoms with Crippen LogP contribution in [-0.4, -0.2) is 40.0 Å². The molecule has 1 saturated heterocycles. The summed E-state index contributed by atoms with van der Waals surface area (Å²) in [6.07, 6.45) is -2.31. The number of thioether (sulfide) groups is 1. The van der Waals surface area contributed by atoms with E-state index in [4.69, 9.17) is 5.73 Å². The molecule has 1 aliphatic heterocycles. The van der Waals surface area contributed by atoms with E-state index >= 15 is 0 Å². The van der Waals surface area contributed by atoms with Gasteiger partial charge in [0, 0.05) is 19.3 Å². The fraction of sp³-hybridized carbons (Fsp3) is 0.533. The van der Waals surface area contributed by atoms with Gasteiger partial charge in [-0.15, -0.1) is 0 Å². The molecule has 2 rings (SSSR count). The molecule has 0 spiro atoms. The molecular formula is C15H18F3N3O2S. The number of pyridine rings is 1. The van der Waals surface area contributed by atoms with Crippen molar-refractivity contribution in [3.8, 4) is 0 Å². The van der Waals surface area contributed by atoms with Gasteiger partial charge in [0.2, 0.25) is 11.8 Å². The predicted molar refractivity (Wildman–Crippen MR) is 83.1 cm³/mol. The summed E-state index contributed by atoms with van der Waals surface area (Å²) in [4.78, 5) is 29.1. The van der Waals surface area contributed by atoms with Crippen molar-refractivity contribution in [3.63, 3.8) is 0 Å². The van der Waals surface area contributed by atoms with Crippen molar-refractivity contribution in [2.75, 3.05) is 13.1 Å². The summed E-state index contributed by atoms with van der Waals surface area (Å²) in [5.74, 6) is -0.936. The Morgan fingerprint density at radius 3 is 2.67 bits per heavy atom. The number of aromatic nitrogens is 1. The van der Waals surface area contributed by atoms with Crippen molar-refractivity contribution in [2.45, 2.75) is 36.2 Å². The normalized spacial score (nSPS) is 19.8. The monoisotopic (exact) mass is 361 g/mol. The quantitative estimate of drug-likeness (QED) is 0.835. The molecule has 0 radical (unpaired) electrons. The lowest BCUT2D eigenvalue weighted by molar-refractivity contribution is -0.138. The lowest BCUT2D eigenvalue weighted by Crippen LogP contribution is -2.46. The van der Waals surface area contributed by atoms with Gasteiger partial charge in [-0.25, -0.2) is 4.98 Å². The third-order valence-electron chi connectivity index (χ3n) is 3.84. The third kappa shape index (κ3) is 4.62. The number of amides is 2. The van der Waals surface area contributed by atoms with Gasteiger partial charge in [-0.3, -0.25) is 9.59 Å². The number of hydrogen-bond acceptors (Lipinski definition) is 4. The average Bonchev–Trinajstić information content (AvgIpc) is 2.53. The van der Waals surface area contributed by atoms with E-state index in [0.717, 1.165) is 24.0 Å². The largest absolute Gasteiger partial charge is 0.417 e. The first-order chi connectivity index (χ1) is 11.2. The van der Waals surface area contributed by atoms with E-state index in [2.05, 4.69) is 4.98 Å². The number of piperidine rings is 1. The highest BCUT2D eigenvalue weighted by atomic mass is 32.2. The smallest absolute Gasteiger partial charge is 0.369 e. The molecule has 2 unspecified atom stereocenters. The number of nitrogens with two attached hydrogens (primary N) is 1. The molecule has 0 aromatic carbocycles. The molecule has 2 N–H and O–H groups in total. The molecule has 1 aromatic rings. The first-order valence-electron chi connectivity index (χ1n) is 7.46. The van der Waals surface area contributed by atoms with Gasteiger partial charge >= 0.3 is 6.18 Å². The Morgan fingerprint density at radius 1 is 1.42 bits per heavy atom. The number of rotatable bonds is 4. The van der Waals surface area contributed by atoms with Crippen LogP contribution < -0.4 is 5.73 Å². The fourth-order valence-corrected chi connectivity index (χ4v) is 3.39. The Labute approximate surface area is 141 Å². The number of hydrogen-bond donors (Lipinski definition) is 1. The number of nitrogens with zero attached hydrogens (tertiary/aromatic N) is 2. The number of alkyl halides is 3. The van der Waals surface area contributed by atoms with Crippen molar-refractivity contribution >= 4 is 23.6 Å². The number of primary amides is 1. The lowest BCUT2D eigenvalue weighted by atomic mass is 9.97. The van der Waals surface area contributed by atoms with Crippen molar-refractivity contribution in [2.24, 2.45) is 11.7 Å². The van der Waals surface area contributed by atoms with Crippen LogP contribution in [0.2, 0.25) is 0 Å². The molecule has 1 aromatic heterocycles. The molecule has 0 saturated carbocycles. The van der Waals surface area contributed by atoms with E-state index in [-0.39, 0.29) is 11.8 Å². The standard InChI is InChI=1S/C15H18F3N3O2S/c1-9(14(23)21-6-2-3-10(8-21)13(19)22)24-12-5-4-11(7-20-12)15(16,17)18/h4-5,7,9-10H,2-3,6,8H2,1H3,(H2,19,22). The molecule has 2 amide bonds. The summed E-state index contributed by atoms with van der Waals surface area (Å²) >= 11 is 1.09. The average molecular weight is 361 g/mol. The fourth-order valence-electron chi connectivity index (χ4n) is 2.52. The zero-order chi connectivity index (χ0) is 17.9. The molecule has 0 aliphatic carbocycles. The number of halogens is 3. The van der Waals surface area contributed by atoms with Crippen LogP contribution in [0, 0.1) is 5.92 Å². The summed E-state index contributed by atoms with van der Waals surface area (Å²) in [6.45, 7) is 2.51. The molecule has 9 heteroatoms. The maximum absolute atomic E-state index is 12.5. The van der Waals surface area contributed by atoms with E-state index in [1.807, 2.05) is 0 Å². The van der Waals surface area contributed by atoms with E-state index in [0.29, 0.717) is 31.0 Å². The van der Waals surface area contributed by atoms with Crippen LogP contribution in [0.3, 0.4) is 0 Å². The summed E-state index contributed by atoms with van der Waals surface area (Å²) < 4.78 is 37.5. The van der Waals surface area contributed by atoms with Gasteiger partial charge in [0.25, 0.3) is 0 Å². The minimum atomic E-state index is -4.44. The topological polar surface area (TPSA) is 76.3 Å². The Morgan fingerprint density at radius 2 is 2.12 bits per heavy atom. The van der Waals surface area contributed by atoms with Gasteiger partial charge in [-0.1, -0.05) is 11.8 Å².